The van der Waals surface area contributed by atoms with Crippen molar-refractivity contribution in [1.82, 2.24) is 5.32 Å². The number of hydrogen-bond acceptors (Lipinski definition) is 4. The molecule has 0 aromatic heterocycles. The fourth-order valence-corrected chi connectivity index (χ4v) is 9.67. The Kier molecular flexibility index (Phi) is 3.90. The third kappa shape index (κ3) is 1.95. The van der Waals surface area contributed by atoms with Crippen LogP contribution in [0.3, 0.4) is 0 Å². The van der Waals surface area contributed by atoms with Gasteiger partial charge in [-0.25, -0.2) is 0 Å². The molecule has 4 heteroatoms. The predicted molar refractivity (Wildman–Crippen MR) is 104 cm³/mol. The predicted octanol–water partition coefficient (Wildman–Crippen LogP) is 3.52. The largest absolute Gasteiger partial charge is 0.469 e. The molecule has 1 spiro atoms. The fourth-order valence-electron chi connectivity index (χ4n) is 9.67. The van der Waals surface area contributed by atoms with Gasteiger partial charge in [-0.3, -0.25) is 4.79 Å². The molecule has 4 saturated carbocycles. The second-order valence-electron chi connectivity index (χ2n) is 11.1. The average Bonchev–Trinajstić information content (AvgIpc) is 3.15. The Morgan fingerprint density at radius 3 is 2.74 bits per heavy atom. The second kappa shape index (κ2) is 5.72. The molecule has 0 aromatic carbocycles. The van der Waals surface area contributed by atoms with E-state index in [9.17, 15) is 9.90 Å². The van der Waals surface area contributed by atoms with Gasteiger partial charge in [0.2, 0.25) is 0 Å². The van der Waals surface area contributed by atoms with E-state index >= 15 is 0 Å². The number of rotatable bonds is 4. The van der Waals surface area contributed by atoms with Crippen LogP contribution < -0.4 is 5.32 Å². The fraction of sp³-hybridized carbons (Fsp3) is 0.957. The molecule has 2 saturated heterocycles. The maximum Gasteiger partial charge on any atom is 0.305 e. The van der Waals surface area contributed by atoms with E-state index in [1.165, 1.54) is 39.2 Å². The van der Waals surface area contributed by atoms with E-state index in [-0.39, 0.29) is 28.3 Å². The summed E-state index contributed by atoms with van der Waals surface area (Å²) < 4.78 is 5.06. The lowest BCUT2D eigenvalue weighted by Crippen LogP contribution is -2.81. The molecule has 4 nitrogen and oxygen atoms in total. The van der Waals surface area contributed by atoms with Crippen molar-refractivity contribution in [2.24, 2.45) is 39.9 Å². The summed E-state index contributed by atoms with van der Waals surface area (Å²) in [5, 5.41) is 15.4. The van der Waals surface area contributed by atoms with Crippen molar-refractivity contribution in [3.05, 3.63) is 0 Å². The molecule has 27 heavy (non-hydrogen) atoms. The van der Waals surface area contributed by atoms with E-state index in [1.54, 1.807) is 0 Å². The van der Waals surface area contributed by atoms with Gasteiger partial charge in [0.15, 0.2) is 0 Å². The topological polar surface area (TPSA) is 58.6 Å². The Morgan fingerprint density at radius 2 is 2.04 bits per heavy atom. The molecule has 6 fully saturated rings. The van der Waals surface area contributed by atoms with E-state index in [0.29, 0.717) is 42.2 Å². The van der Waals surface area contributed by atoms with Crippen LogP contribution in [0.15, 0.2) is 0 Å². The van der Waals surface area contributed by atoms with Gasteiger partial charge in [-0.1, -0.05) is 27.2 Å². The molecule has 0 aromatic rings. The summed E-state index contributed by atoms with van der Waals surface area (Å²) >= 11 is 0. The van der Waals surface area contributed by atoms with Crippen LogP contribution in [-0.4, -0.2) is 36.4 Å². The first-order chi connectivity index (χ1) is 12.8. The maximum atomic E-state index is 12.2. The zero-order chi connectivity index (χ0) is 19.2. The maximum absolute atomic E-state index is 12.2. The first-order valence-electron chi connectivity index (χ1n) is 11.3. The minimum Gasteiger partial charge on any atom is -0.469 e. The minimum atomic E-state index is -0.176. The number of methoxy groups -OCH3 is 1. The molecule has 0 amide bonds. The molecular formula is C23H37NO3. The van der Waals surface area contributed by atoms with Crippen LogP contribution in [0.4, 0.5) is 0 Å². The van der Waals surface area contributed by atoms with Crippen molar-refractivity contribution < 1.29 is 14.6 Å². The molecule has 2 unspecified atom stereocenters. The summed E-state index contributed by atoms with van der Waals surface area (Å²) in [6, 6.07) is 0.972. The number of nitrogens with one attached hydrogen (secondary N) is 1. The van der Waals surface area contributed by atoms with Gasteiger partial charge in [0.25, 0.3) is 0 Å². The lowest BCUT2D eigenvalue weighted by Gasteiger charge is -2.76. The summed E-state index contributed by atoms with van der Waals surface area (Å²) in [4.78, 5) is 12.2. The summed E-state index contributed by atoms with van der Waals surface area (Å²) in [5.41, 5.74) is 0.540. The highest BCUT2D eigenvalue weighted by Crippen LogP contribution is 2.80. The monoisotopic (exact) mass is 375 g/mol. The normalized spacial score (nSPS) is 55.0. The van der Waals surface area contributed by atoms with Crippen LogP contribution in [0.25, 0.3) is 0 Å². The number of carbonyl (C=O) groups is 1. The zero-order valence-electron chi connectivity index (χ0n) is 17.5. The minimum absolute atomic E-state index is 0.0696. The molecule has 2 N–H and O–H groups in total. The smallest absolute Gasteiger partial charge is 0.305 e. The Balaban J connectivity index is 1.67. The number of hydrogen-bond donors (Lipinski definition) is 2. The number of piperidine rings is 2. The Labute approximate surface area is 163 Å². The highest BCUT2D eigenvalue weighted by atomic mass is 16.5. The van der Waals surface area contributed by atoms with Gasteiger partial charge in [-0.2, -0.15) is 0 Å². The van der Waals surface area contributed by atoms with E-state index in [0.717, 1.165) is 12.8 Å². The number of aliphatic hydroxyl groups is 1. The second-order valence-corrected chi connectivity index (χ2v) is 11.1. The number of ether oxygens (including phenoxy) is 1. The number of aliphatic hydroxyl groups excluding tert-OH is 1. The summed E-state index contributed by atoms with van der Waals surface area (Å²) in [5.74, 6) is 2.27. The quantitative estimate of drug-likeness (QED) is 0.738. The van der Waals surface area contributed by atoms with Crippen molar-refractivity contribution in [1.29, 1.82) is 0 Å². The van der Waals surface area contributed by atoms with Gasteiger partial charge in [0.05, 0.1) is 13.2 Å². The van der Waals surface area contributed by atoms with E-state index in [2.05, 4.69) is 26.1 Å². The van der Waals surface area contributed by atoms with Gasteiger partial charge in [0, 0.05) is 24.4 Å². The van der Waals surface area contributed by atoms with Crippen molar-refractivity contribution in [3.8, 4) is 0 Å². The molecule has 4 aliphatic carbocycles. The Bertz CT molecular complexity index is 650. The van der Waals surface area contributed by atoms with E-state index in [4.69, 9.17) is 4.74 Å². The van der Waals surface area contributed by atoms with Crippen molar-refractivity contribution in [2.45, 2.75) is 90.3 Å². The molecular weight excluding hydrogens is 338 g/mol. The van der Waals surface area contributed by atoms with Crippen LogP contribution in [0.1, 0.15) is 72.1 Å². The van der Waals surface area contributed by atoms with Crippen molar-refractivity contribution in [3.63, 3.8) is 0 Å². The third-order valence-electron chi connectivity index (χ3n) is 10.4. The molecule has 6 rings (SSSR count). The lowest BCUT2D eigenvalue weighted by molar-refractivity contribution is -0.252. The molecule has 9 atom stereocenters. The van der Waals surface area contributed by atoms with Gasteiger partial charge in [0.1, 0.15) is 0 Å². The van der Waals surface area contributed by atoms with Crippen LogP contribution in [0.2, 0.25) is 0 Å². The van der Waals surface area contributed by atoms with E-state index in [1.807, 2.05) is 0 Å². The summed E-state index contributed by atoms with van der Waals surface area (Å²) in [7, 11) is 1.51. The summed E-state index contributed by atoms with van der Waals surface area (Å²) in [6.07, 6.45) is 8.56. The van der Waals surface area contributed by atoms with Crippen LogP contribution >= 0.6 is 0 Å². The highest BCUT2D eigenvalue weighted by molar-refractivity contribution is 5.69. The van der Waals surface area contributed by atoms with E-state index < -0.39 is 0 Å². The standard InChI is InChI=1S/C23H37NO3/c1-13(2)14-7-10-21(3)18-15(25)12-22-9-5-6-16(22)23(21,11-8-17(26)27-4)19(14)24-20(18)22/h13-16,18-20,24-25H,5-12H2,1-4H3/t14-,15+,16-,18?,19-,20?,21+,22-,23+/m1/s1. The summed E-state index contributed by atoms with van der Waals surface area (Å²) in [6.45, 7) is 7.24. The molecule has 6 bridgehead atoms. The molecule has 2 heterocycles. The van der Waals surface area contributed by atoms with Crippen LogP contribution in [-0.2, 0) is 9.53 Å². The SMILES string of the molecule is COC(=O)CC[C@@]12[C@@H]3NC4C([C@@H](O)C[C@@]45CCC[C@H]51)[C@]2(C)CC[C@@H]3C(C)C. The Morgan fingerprint density at radius 1 is 1.26 bits per heavy atom. The zero-order valence-corrected chi connectivity index (χ0v) is 17.5. The van der Waals surface area contributed by atoms with Gasteiger partial charge in [-0.15, -0.1) is 0 Å². The Hall–Kier alpha value is -0.610. The highest BCUT2D eigenvalue weighted by Gasteiger charge is 2.81. The van der Waals surface area contributed by atoms with Crippen molar-refractivity contribution >= 4 is 5.97 Å². The molecule has 152 valence electrons. The lowest BCUT2D eigenvalue weighted by atomic mass is 9.33. The van der Waals surface area contributed by atoms with Gasteiger partial charge >= 0.3 is 5.97 Å². The molecule has 0 radical (unpaired) electrons. The number of esters is 1. The van der Waals surface area contributed by atoms with Gasteiger partial charge < -0.3 is 15.2 Å². The van der Waals surface area contributed by atoms with Gasteiger partial charge in [-0.05, 0) is 72.5 Å². The number of carbonyl (C=O) groups excluding carboxylic acids is 1. The molecule has 2 aliphatic heterocycles. The van der Waals surface area contributed by atoms with Crippen LogP contribution in [0, 0.1) is 39.9 Å². The van der Waals surface area contributed by atoms with Crippen molar-refractivity contribution in [2.75, 3.05) is 7.11 Å². The average molecular weight is 376 g/mol. The first kappa shape index (κ1) is 18.4. The molecule has 6 aliphatic rings. The van der Waals surface area contributed by atoms with Crippen LogP contribution in [0.5, 0.6) is 0 Å². The third-order valence-corrected chi connectivity index (χ3v) is 10.4. The first-order valence-corrected chi connectivity index (χ1v) is 11.3.